The van der Waals surface area contributed by atoms with E-state index in [-0.39, 0.29) is 12.1 Å². The maximum absolute atomic E-state index is 11.2. The summed E-state index contributed by atoms with van der Waals surface area (Å²) in [6.07, 6.45) is 0. The lowest BCUT2D eigenvalue weighted by atomic mass is 10.2. The zero-order chi connectivity index (χ0) is 10.4. The number of carbonyl (C=O) groups is 1. The standard InChI is InChI=1S/C11H16N2O/c1-9(2)13-11(14)12-8-10-6-4-3-5-7-10/h3-7,9H,8H2,1-2H3,(H2,12,13,14). The molecule has 0 saturated carbocycles. The molecule has 0 fully saturated rings. The fourth-order valence-electron chi connectivity index (χ4n) is 1.09. The van der Waals surface area contributed by atoms with Crippen LogP contribution in [0.5, 0.6) is 0 Å². The molecule has 1 aromatic rings. The highest BCUT2D eigenvalue weighted by Crippen LogP contribution is 1.96. The van der Waals surface area contributed by atoms with E-state index in [0.717, 1.165) is 5.56 Å². The zero-order valence-electron chi connectivity index (χ0n) is 8.58. The van der Waals surface area contributed by atoms with E-state index in [9.17, 15) is 4.79 Å². The highest BCUT2D eigenvalue weighted by Gasteiger charge is 2.00. The molecule has 2 amide bonds. The summed E-state index contributed by atoms with van der Waals surface area (Å²) in [4.78, 5) is 11.2. The minimum absolute atomic E-state index is 0.121. The first-order valence-corrected chi connectivity index (χ1v) is 4.77. The third-order valence-corrected chi connectivity index (χ3v) is 1.72. The molecular weight excluding hydrogens is 176 g/mol. The van der Waals surface area contributed by atoms with Gasteiger partial charge in [-0.1, -0.05) is 30.3 Å². The van der Waals surface area contributed by atoms with Gasteiger partial charge in [-0.15, -0.1) is 0 Å². The molecule has 0 bridgehead atoms. The summed E-state index contributed by atoms with van der Waals surface area (Å²) in [6, 6.07) is 9.88. The molecule has 0 radical (unpaired) electrons. The zero-order valence-corrected chi connectivity index (χ0v) is 8.58. The topological polar surface area (TPSA) is 41.1 Å². The van der Waals surface area contributed by atoms with Crippen LogP contribution in [0, 0.1) is 0 Å². The molecule has 76 valence electrons. The fraction of sp³-hybridized carbons (Fsp3) is 0.364. The number of amides is 2. The molecular formula is C11H16N2O. The Morgan fingerprint density at radius 2 is 1.93 bits per heavy atom. The van der Waals surface area contributed by atoms with E-state index < -0.39 is 0 Å². The van der Waals surface area contributed by atoms with Crippen LogP contribution in [0.1, 0.15) is 19.4 Å². The highest BCUT2D eigenvalue weighted by molar-refractivity contribution is 5.74. The Balaban J connectivity index is 2.31. The normalized spacial score (nSPS) is 9.93. The lowest BCUT2D eigenvalue weighted by Crippen LogP contribution is -2.38. The summed E-state index contributed by atoms with van der Waals surface area (Å²) in [7, 11) is 0. The molecule has 0 saturated heterocycles. The second-order valence-electron chi connectivity index (χ2n) is 3.47. The lowest BCUT2D eigenvalue weighted by molar-refractivity contribution is 0.238. The number of rotatable bonds is 3. The molecule has 0 unspecified atom stereocenters. The van der Waals surface area contributed by atoms with Crippen LogP contribution in [-0.4, -0.2) is 12.1 Å². The molecule has 0 aliphatic heterocycles. The van der Waals surface area contributed by atoms with Gasteiger partial charge < -0.3 is 10.6 Å². The summed E-state index contributed by atoms with van der Waals surface area (Å²) >= 11 is 0. The molecule has 3 heteroatoms. The van der Waals surface area contributed by atoms with Crippen molar-refractivity contribution in [1.82, 2.24) is 10.6 Å². The first-order valence-electron chi connectivity index (χ1n) is 4.77. The number of urea groups is 1. The second kappa shape index (κ2) is 5.27. The van der Waals surface area contributed by atoms with Gasteiger partial charge in [0.15, 0.2) is 0 Å². The molecule has 1 aromatic carbocycles. The molecule has 0 aliphatic rings. The first-order chi connectivity index (χ1) is 6.68. The van der Waals surface area contributed by atoms with Crippen LogP contribution in [0.2, 0.25) is 0 Å². The van der Waals surface area contributed by atoms with Crippen molar-refractivity contribution in [3.63, 3.8) is 0 Å². The Hall–Kier alpha value is -1.51. The molecule has 0 aromatic heterocycles. The fourth-order valence-corrected chi connectivity index (χ4v) is 1.09. The van der Waals surface area contributed by atoms with Crippen molar-refractivity contribution < 1.29 is 4.79 Å². The summed E-state index contributed by atoms with van der Waals surface area (Å²) in [5.41, 5.74) is 1.10. The quantitative estimate of drug-likeness (QED) is 0.754. The molecule has 14 heavy (non-hydrogen) atoms. The van der Waals surface area contributed by atoms with Crippen LogP contribution in [0.25, 0.3) is 0 Å². The second-order valence-corrected chi connectivity index (χ2v) is 3.47. The van der Waals surface area contributed by atoms with Crippen molar-refractivity contribution in [2.75, 3.05) is 0 Å². The average molecular weight is 192 g/mol. The molecule has 0 aliphatic carbocycles. The van der Waals surface area contributed by atoms with E-state index in [2.05, 4.69) is 10.6 Å². The van der Waals surface area contributed by atoms with Gasteiger partial charge >= 0.3 is 6.03 Å². The Kier molecular flexibility index (Phi) is 3.98. The Morgan fingerprint density at radius 3 is 2.50 bits per heavy atom. The Morgan fingerprint density at radius 1 is 1.29 bits per heavy atom. The number of hydrogen-bond donors (Lipinski definition) is 2. The minimum atomic E-state index is -0.121. The molecule has 3 nitrogen and oxygen atoms in total. The van der Waals surface area contributed by atoms with Crippen LogP contribution in [0.4, 0.5) is 4.79 Å². The predicted octanol–water partition coefficient (Wildman–Crippen LogP) is 1.89. The van der Waals surface area contributed by atoms with E-state index in [1.165, 1.54) is 0 Å². The van der Waals surface area contributed by atoms with Crippen LogP contribution in [-0.2, 0) is 6.54 Å². The molecule has 0 atom stereocenters. The number of benzene rings is 1. The summed E-state index contributed by atoms with van der Waals surface area (Å²) < 4.78 is 0. The van der Waals surface area contributed by atoms with Crippen LogP contribution < -0.4 is 10.6 Å². The van der Waals surface area contributed by atoms with Gasteiger partial charge in [-0.3, -0.25) is 0 Å². The van der Waals surface area contributed by atoms with E-state index in [4.69, 9.17) is 0 Å². The van der Waals surface area contributed by atoms with Crippen molar-refractivity contribution in [3.05, 3.63) is 35.9 Å². The third-order valence-electron chi connectivity index (χ3n) is 1.72. The SMILES string of the molecule is CC(C)NC(=O)NCc1ccccc1. The summed E-state index contributed by atoms with van der Waals surface area (Å²) in [5, 5.41) is 5.54. The van der Waals surface area contributed by atoms with Crippen molar-refractivity contribution in [3.8, 4) is 0 Å². The van der Waals surface area contributed by atoms with Gasteiger partial charge in [0.1, 0.15) is 0 Å². The van der Waals surface area contributed by atoms with E-state index in [1.807, 2.05) is 44.2 Å². The van der Waals surface area contributed by atoms with Gasteiger partial charge in [-0.25, -0.2) is 4.79 Å². The van der Waals surface area contributed by atoms with Crippen molar-refractivity contribution >= 4 is 6.03 Å². The van der Waals surface area contributed by atoms with Crippen molar-refractivity contribution in [2.45, 2.75) is 26.4 Å². The summed E-state index contributed by atoms with van der Waals surface area (Å²) in [6.45, 7) is 4.43. The van der Waals surface area contributed by atoms with E-state index in [0.29, 0.717) is 6.54 Å². The van der Waals surface area contributed by atoms with Gasteiger partial charge in [0.25, 0.3) is 0 Å². The predicted molar refractivity (Wildman–Crippen MR) is 56.9 cm³/mol. The number of hydrogen-bond acceptors (Lipinski definition) is 1. The van der Waals surface area contributed by atoms with Gasteiger partial charge in [0, 0.05) is 12.6 Å². The minimum Gasteiger partial charge on any atom is -0.336 e. The van der Waals surface area contributed by atoms with Gasteiger partial charge in [0.2, 0.25) is 0 Å². The third kappa shape index (κ3) is 3.94. The van der Waals surface area contributed by atoms with Crippen LogP contribution >= 0.6 is 0 Å². The maximum atomic E-state index is 11.2. The largest absolute Gasteiger partial charge is 0.336 e. The molecule has 2 N–H and O–H groups in total. The van der Waals surface area contributed by atoms with Crippen molar-refractivity contribution in [1.29, 1.82) is 0 Å². The Labute approximate surface area is 84.5 Å². The number of nitrogens with one attached hydrogen (secondary N) is 2. The maximum Gasteiger partial charge on any atom is 0.315 e. The van der Waals surface area contributed by atoms with Gasteiger partial charge in [-0.2, -0.15) is 0 Å². The lowest BCUT2D eigenvalue weighted by Gasteiger charge is -2.09. The van der Waals surface area contributed by atoms with Gasteiger partial charge in [-0.05, 0) is 19.4 Å². The van der Waals surface area contributed by atoms with Gasteiger partial charge in [0.05, 0.1) is 0 Å². The number of carbonyl (C=O) groups excluding carboxylic acids is 1. The van der Waals surface area contributed by atoms with E-state index >= 15 is 0 Å². The molecule has 0 heterocycles. The van der Waals surface area contributed by atoms with E-state index in [1.54, 1.807) is 0 Å². The smallest absolute Gasteiger partial charge is 0.315 e. The van der Waals surface area contributed by atoms with Crippen molar-refractivity contribution in [2.24, 2.45) is 0 Å². The van der Waals surface area contributed by atoms with Crippen LogP contribution in [0.3, 0.4) is 0 Å². The Bertz CT molecular complexity index is 283. The first kappa shape index (κ1) is 10.6. The monoisotopic (exact) mass is 192 g/mol. The molecule has 0 spiro atoms. The van der Waals surface area contributed by atoms with Crippen LogP contribution in [0.15, 0.2) is 30.3 Å². The summed E-state index contributed by atoms with van der Waals surface area (Å²) in [5.74, 6) is 0. The highest BCUT2D eigenvalue weighted by atomic mass is 16.2. The molecule has 1 rings (SSSR count). The average Bonchev–Trinajstić information content (AvgIpc) is 2.15.